The highest BCUT2D eigenvalue weighted by Crippen LogP contribution is 2.32. The van der Waals surface area contributed by atoms with Crippen LogP contribution in [0.1, 0.15) is 16.0 Å². The maximum Gasteiger partial charge on any atom is 0.324 e. The number of nitrogens with zero attached hydrogens (tertiary/aromatic N) is 4. The Morgan fingerprint density at radius 2 is 1.90 bits per heavy atom. The topological polar surface area (TPSA) is 79.6 Å². The first kappa shape index (κ1) is 23.9. The lowest BCUT2D eigenvalue weighted by atomic mass is 10.1. The molecule has 3 aromatic rings. The predicted octanol–water partition coefficient (Wildman–Crippen LogP) is 4.91. The van der Waals surface area contributed by atoms with Gasteiger partial charge in [-0.05, 0) is 57.3 Å². The quantitative estimate of drug-likeness (QED) is 0.280. The minimum atomic E-state index is -0.432. The van der Waals surface area contributed by atoms with E-state index in [2.05, 4.69) is 6.07 Å². The van der Waals surface area contributed by atoms with E-state index in [4.69, 9.17) is 4.98 Å². The summed E-state index contributed by atoms with van der Waals surface area (Å²) in [7, 11) is 3.91. The second-order valence-electron chi connectivity index (χ2n) is 6.91. The van der Waals surface area contributed by atoms with Crippen molar-refractivity contribution in [3.63, 3.8) is 0 Å². The molecule has 0 radical (unpaired) electrons. The Morgan fingerprint density at radius 3 is 2.53 bits per heavy atom. The first-order valence-corrected chi connectivity index (χ1v) is 10.6. The van der Waals surface area contributed by atoms with Gasteiger partial charge in [0.1, 0.15) is 0 Å². The number of aromatic nitrogens is 1. The number of anilines is 1. The lowest BCUT2D eigenvalue weighted by Gasteiger charge is -2.20. The summed E-state index contributed by atoms with van der Waals surface area (Å²) >= 11 is 2.53. The monoisotopic (exact) mass is 466 g/mol. The van der Waals surface area contributed by atoms with Gasteiger partial charge in [-0.3, -0.25) is 19.8 Å². The first-order chi connectivity index (χ1) is 13.8. The van der Waals surface area contributed by atoms with Crippen LogP contribution in [0.5, 0.6) is 0 Å². The lowest BCUT2D eigenvalue weighted by molar-refractivity contribution is -0.380. The number of nitro groups is 1. The van der Waals surface area contributed by atoms with Gasteiger partial charge < -0.3 is 4.90 Å². The molecule has 30 heavy (non-hydrogen) atoms. The fraction of sp³-hybridized carbons (Fsp3) is 0.300. The van der Waals surface area contributed by atoms with Gasteiger partial charge in [0.25, 0.3) is 5.91 Å². The smallest absolute Gasteiger partial charge is 0.308 e. The average molecular weight is 467 g/mol. The second kappa shape index (κ2) is 10.1. The van der Waals surface area contributed by atoms with Gasteiger partial charge in [-0.2, -0.15) is 0 Å². The number of amides is 1. The molecule has 0 saturated carbocycles. The van der Waals surface area contributed by atoms with E-state index in [0.717, 1.165) is 27.1 Å². The zero-order valence-corrected chi connectivity index (χ0v) is 19.6. The minimum Gasteiger partial charge on any atom is -0.308 e. The number of benzene rings is 1. The van der Waals surface area contributed by atoms with Crippen LogP contribution in [0.25, 0.3) is 16.3 Å². The molecular weight excluding hydrogens is 444 g/mol. The molecule has 3 rings (SSSR count). The van der Waals surface area contributed by atoms with Crippen molar-refractivity contribution in [2.45, 2.75) is 13.8 Å². The van der Waals surface area contributed by atoms with Gasteiger partial charge >= 0.3 is 5.00 Å². The highest BCUT2D eigenvalue weighted by atomic mass is 35.5. The van der Waals surface area contributed by atoms with Gasteiger partial charge in [0, 0.05) is 30.1 Å². The summed E-state index contributed by atoms with van der Waals surface area (Å²) in [5, 5.41) is 11.5. The molecule has 0 atom stereocenters. The third-order valence-electron chi connectivity index (χ3n) is 4.52. The van der Waals surface area contributed by atoms with E-state index in [0.29, 0.717) is 23.1 Å². The minimum absolute atomic E-state index is 0. The molecule has 1 amide bonds. The van der Waals surface area contributed by atoms with Crippen LogP contribution in [0.2, 0.25) is 0 Å². The molecule has 10 heteroatoms. The summed E-state index contributed by atoms with van der Waals surface area (Å²) in [6, 6.07) is 7.18. The second-order valence-corrected chi connectivity index (χ2v) is 9.01. The molecule has 0 bridgehead atoms. The van der Waals surface area contributed by atoms with Crippen LogP contribution < -0.4 is 4.90 Å². The summed E-state index contributed by atoms with van der Waals surface area (Å²) in [6.07, 6.45) is 3.07. The SMILES string of the molecule is Cc1ccc2sc(N(CCN(C)C)C(=O)C=Cc3ccc([N+](=O)[O-])s3)nc2c1C.Cl. The maximum atomic E-state index is 13.0. The zero-order valence-electron chi connectivity index (χ0n) is 17.1. The van der Waals surface area contributed by atoms with Crippen molar-refractivity contribution >= 4 is 67.4 Å². The van der Waals surface area contributed by atoms with Gasteiger partial charge in [-0.1, -0.05) is 28.7 Å². The van der Waals surface area contributed by atoms with Crippen molar-refractivity contribution in [1.82, 2.24) is 9.88 Å². The van der Waals surface area contributed by atoms with Gasteiger partial charge in [-0.15, -0.1) is 12.4 Å². The fourth-order valence-corrected chi connectivity index (χ4v) is 4.48. The molecule has 1 aromatic carbocycles. The lowest BCUT2D eigenvalue weighted by Crippen LogP contribution is -2.35. The van der Waals surface area contributed by atoms with Gasteiger partial charge in [0.2, 0.25) is 0 Å². The third-order valence-corrected chi connectivity index (χ3v) is 6.57. The van der Waals surface area contributed by atoms with Crippen molar-refractivity contribution < 1.29 is 9.72 Å². The Hall–Kier alpha value is -2.33. The molecule has 2 heterocycles. The van der Waals surface area contributed by atoms with Crippen molar-refractivity contribution in [3.8, 4) is 0 Å². The summed E-state index contributed by atoms with van der Waals surface area (Å²) in [5.41, 5.74) is 3.21. The van der Waals surface area contributed by atoms with Crippen LogP contribution in [-0.4, -0.2) is 47.9 Å². The van der Waals surface area contributed by atoms with Crippen molar-refractivity contribution in [3.05, 3.63) is 56.5 Å². The van der Waals surface area contributed by atoms with E-state index in [9.17, 15) is 14.9 Å². The largest absolute Gasteiger partial charge is 0.324 e. The van der Waals surface area contributed by atoms with E-state index in [1.54, 1.807) is 17.0 Å². The summed E-state index contributed by atoms with van der Waals surface area (Å²) < 4.78 is 1.05. The van der Waals surface area contributed by atoms with Crippen LogP contribution >= 0.6 is 35.1 Å². The summed E-state index contributed by atoms with van der Waals surface area (Å²) in [4.78, 5) is 32.4. The molecule has 0 fully saturated rings. The van der Waals surface area contributed by atoms with Crippen molar-refractivity contribution in [2.75, 3.05) is 32.1 Å². The van der Waals surface area contributed by atoms with E-state index >= 15 is 0 Å². The number of hydrogen-bond donors (Lipinski definition) is 0. The van der Waals surface area contributed by atoms with Gasteiger partial charge in [0.05, 0.1) is 15.1 Å². The molecule has 2 aromatic heterocycles. The Balaban J connectivity index is 0.00000320. The van der Waals surface area contributed by atoms with Crippen molar-refractivity contribution in [2.24, 2.45) is 0 Å². The van der Waals surface area contributed by atoms with Gasteiger partial charge in [-0.25, -0.2) is 4.98 Å². The standard InChI is InChI=1S/C20H22N4O3S2.ClH/c1-13-5-8-16-19(14(13)2)21-20(29-16)23(12-11-22(3)4)17(25)9-6-15-7-10-18(28-15)24(26)27;/h5-10H,11-12H2,1-4H3;1H. The van der Waals surface area contributed by atoms with Crippen LogP contribution in [0.4, 0.5) is 10.1 Å². The van der Waals surface area contributed by atoms with Crippen LogP contribution in [-0.2, 0) is 4.79 Å². The first-order valence-electron chi connectivity index (χ1n) is 9.01. The number of rotatable bonds is 7. The molecule has 0 aliphatic carbocycles. The molecule has 0 N–H and O–H groups in total. The van der Waals surface area contributed by atoms with E-state index in [-0.39, 0.29) is 23.3 Å². The summed E-state index contributed by atoms with van der Waals surface area (Å²) in [6.45, 7) is 5.28. The molecular formula is C20H23ClN4O3S2. The molecule has 7 nitrogen and oxygen atoms in total. The number of thiazole rings is 1. The maximum absolute atomic E-state index is 13.0. The molecule has 0 aliphatic rings. The third kappa shape index (κ3) is 5.42. The zero-order chi connectivity index (χ0) is 21.1. The van der Waals surface area contributed by atoms with Gasteiger partial charge in [0.15, 0.2) is 5.13 Å². The molecule has 0 saturated heterocycles. The average Bonchev–Trinajstić information content (AvgIpc) is 3.30. The number of hydrogen-bond acceptors (Lipinski definition) is 7. The number of likely N-dealkylation sites (N-methyl/N-ethyl adjacent to an activating group) is 1. The number of carbonyl (C=O) groups excluding carboxylic acids is 1. The highest BCUT2D eigenvalue weighted by molar-refractivity contribution is 7.22. The van der Waals surface area contributed by atoms with E-state index < -0.39 is 4.92 Å². The van der Waals surface area contributed by atoms with Crippen molar-refractivity contribution in [1.29, 1.82) is 0 Å². The number of thiophene rings is 1. The Bertz CT molecular complexity index is 1090. The number of aryl methyl sites for hydroxylation is 2. The highest BCUT2D eigenvalue weighted by Gasteiger charge is 2.19. The molecule has 160 valence electrons. The van der Waals surface area contributed by atoms with Crippen LogP contribution in [0.3, 0.4) is 0 Å². The molecule has 0 spiro atoms. The van der Waals surface area contributed by atoms with Crippen LogP contribution in [0, 0.1) is 24.0 Å². The normalized spacial score (nSPS) is 11.2. The Morgan fingerprint density at radius 1 is 1.17 bits per heavy atom. The Labute approximate surface area is 189 Å². The Kier molecular flexibility index (Phi) is 8.08. The molecule has 0 aliphatic heterocycles. The summed E-state index contributed by atoms with van der Waals surface area (Å²) in [5.74, 6) is -0.198. The number of carbonyl (C=O) groups is 1. The van der Waals surface area contributed by atoms with E-state index in [1.165, 1.54) is 29.0 Å². The van der Waals surface area contributed by atoms with E-state index in [1.807, 2.05) is 38.9 Å². The fourth-order valence-electron chi connectivity index (χ4n) is 2.70. The predicted molar refractivity (Wildman–Crippen MR) is 127 cm³/mol. The number of fused-ring (bicyclic) bond motifs is 1. The number of halogens is 1. The molecule has 0 unspecified atom stereocenters. The van der Waals surface area contributed by atoms with Crippen LogP contribution in [0.15, 0.2) is 30.3 Å².